The van der Waals surface area contributed by atoms with Crippen molar-refractivity contribution in [3.05, 3.63) is 39.8 Å². The molecular weight excluding hydrogens is 356 g/mol. The summed E-state index contributed by atoms with van der Waals surface area (Å²) in [6.07, 6.45) is -0.0266. The van der Waals surface area contributed by atoms with Gasteiger partial charge in [0.1, 0.15) is 5.01 Å². The van der Waals surface area contributed by atoms with Gasteiger partial charge in [-0.1, -0.05) is 6.07 Å². The van der Waals surface area contributed by atoms with Crippen LogP contribution in [0.2, 0.25) is 0 Å². The summed E-state index contributed by atoms with van der Waals surface area (Å²) in [5.41, 5.74) is 1.40. The number of esters is 1. The van der Waals surface area contributed by atoms with Gasteiger partial charge >= 0.3 is 5.97 Å². The number of hydrogen-bond acceptors (Lipinski definition) is 8. The lowest BCUT2D eigenvalue weighted by molar-refractivity contribution is -0.147. The van der Waals surface area contributed by atoms with Crippen LogP contribution in [-0.4, -0.2) is 37.6 Å². The van der Waals surface area contributed by atoms with E-state index in [0.29, 0.717) is 22.1 Å². The van der Waals surface area contributed by atoms with E-state index >= 15 is 0 Å². The van der Waals surface area contributed by atoms with Gasteiger partial charge in [-0.3, -0.25) is 9.59 Å². The molecule has 2 rings (SSSR count). The van der Waals surface area contributed by atoms with E-state index in [2.05, 4.69) is 4.98 Å². The number of ketones is 1. The third kappa shape index (κ3) is 4.80. The number of thiazole rings is 1. The van der Waals surface area contributed by atoms with Crippen molar-refractivity contribution in [3.8, 4) is 17.6 Å². The highest BCUT2D eigenvalue weighted by Gasteiger charge is 2.24. The van der Waals surface area contributed by atoms with Crippen LogP contribution in [0.15, 0.2) is 23.6 Å². The van der Waals surface area contributed by atoms with Crippen LogP contribution in [0.4, 0.5) is 0 Å². The van der Waals surface area contributed by atoms with Crippen LogP contribution in [0.25, 0.3) is 0 Å². The number of hydrogen-bond donors (Lipinski definition) is 0. The minimum Gasteiger partial charge on any atom is -0.493 e. The van der Waals surface area contributed by atoms with Crippen molar-refractivity contribution >= 4 is 23.1 Å². The van der Waals surface area contributed by atoms with E-state index in [1.807, 2.05) is 6.07 Å². The van der Waals surface area contributed by atoms with Crippen LogP contribution < -0.4 is 9.47 Å². The van der Waals surface area contributed by atoms with Gasteiger partial charge in [-0.05, 0) is 24.6 Å². The molecule has 0 bridgehead atoms. The molecule has 136 valence electrons. The van der Waals surface area contributed by atoms with Gasteiger partial charge in [0, 0.05) is 11.1 Å². The lowest BCUT2D eigenvalue weighted by atomic mass is 10.1. The van der Waals surface area contributed by atoms with Gasteiger partial charge in [0.2, 0.25) is 0 Å². The SMILES string of the molecule is COc1ccc(CC(=O)OCC(=O)[C@H](C#N)c2nc(C)cs2)cc1OC. The summed E-state index contributed by atoms with van der Waals surface area (Å²) < 4.78 is 15.3. The summed E-state index contributed by atoms with van der Waals surface area (Å²) >= 11 is 1.23. The number of Topliss-reactive ketones (excluding diaryl/α,β-unsaturated/α-hetero) is 1. The number of carbonyl (C=O) groups excluding carboxylic acids is 2. The molecule has 1 aromatic carbocycles. The molecule has 0 saturated heterocycles. The number of methoxy groups -OCH3 is 2. The molecule has 0 unspecified atom stereocenters. The number of benzene rings is 1. The molecule has 0 aliphatic rings. The van der Waals surface area contributed by atoms with Crippen LogP contribution in [0.5, 0.6) is 11.5 Å². The van der Waals surface area contributed by atoms with Gasteiger partial charge in [0.25, 0.3) is 0 Å². The Kier molecular flexibility index (Phi) is 6.69. The second-order valence-electron chi connectivity index (χ2n) is 5.38. The van der Waals surface area contributed by atoms with E-state index in [1.165, 1.54) is 25.6 Å². The van der Waals surface area contributed by atoms with Gasteiger partial charge < -0.3 is 14.2 Å². The van der Waals surface area contributed by atoms with E-state index in [-0.39, 0.29) is 6.42 Å². The lowest BCUT2D eigenvalue weighted by Gasteiger charge is -2.10. The summed E-state index contributed by atoms with van der Waals surface area (Å²) in [5.74, 6) is -1.05. The Bertz CT molecular complexity index is 840. The number of aryl methyl sites for hydroxylation is 1. The molecule has 2 aromatic rings. The number of carbonyl (C=O) groups is 2. The molecule has 1 atom stereocenters. The zero-order valence-corrected chi connectivity index (χ0v) is 15.5. The highest BCUT2D eigenvalue weighted by Crippen LogP contribution is 2.27. The highest BCUT2D eigenvalue weighted by molar-refractivity contribution is 7.09. The first-order valence-corrected chi connectivity index (χ1v) is 8.57. The predicted octanol–water partition coefficient (Wildman–Crippen LogP) is 2.43. The fraction of sp³-hybridized carbons (Fsp3) is 0.333. The molecule has 0 spiro atoms. The average Bonchev–Trinajstić information content (AvgIpc) is 3.06. The molecular formula is C18H18N2O5S. The molecule has 0 N–H and O–H groups in total. The van der Waals surface area contributed by atoms with Crippen molar-refractivity contribution in [3.63, 3.8) is 0 Å². The zero-order valence-electron chi connectivity index (χ0n) is 14.6. The Morgan fingerprint density at radius 2 is 2.00 bits per heavy atom. The minimum absolute atomic E-state index is 0.0266. The van der Waals surface area contributed by atoms with Crippen LogP contribution in [0.1, 0.15) is 22.2 Å². The number of rotatable bonds is 8. The third-order valence-electron chi connectivity index (χ3n) is 3.51. The van der Waals surface area contributed by atoms with Crippen LogP contribution >= 0.6 is 11.3 Å². The quantitative estimate of drug-likeness (QED) is 0.654. The van der Waals surface area contributed by atoms with E-state index < -0.39 is 24.3 Å². The van der Waals surface area contributed by atoms with Crippen LogP contribution in [-0.2, 0) is 20.7 Å². The summed E-state index contributed by atoms with van der Waals surface area (Å²) in [5, 5.41) is 11.4. The molecule has 0 saturated carbocycles. The Hall–Kier alpha value is -2.92. The van der Waals surface area contributed by atoms with Gasteiger partial charge in [-0.2, -0.15) is 5.26 Å². The van der Waals surface area contributed by atoms with Crippen molar-refractivity contribution < 1.29 is 23.8 Å². The molecule has 0 aliphatic carbocycles. The molecule has 0 aliphatic heterocycles. The van der Waals surface area contributed by atoms with Gasteiger partial charge in [0.15, 0.2) is 29.8 Å². The second-order valence-corrected chi connectivity index (χ2v) is 6.27. The van der Waals surface area contributed by atoms with E-state index in [9.17, 15) is 14.9 Å². The summed E-state index contributed by atoms with van der Waals surface area (Å²) in [6.45, 7) is 1.31. The first-order chi connectivity index (χ1) is 12.5. The van der Waals surface area contributed by atoms with Gasteiger partial charge in [0.05, 0.1) is 26.7 Å². The van der Waals surface area contributed by atoms with Crippen LogP contribution in [0.3, 0.4) is 0 Å². The Morgan fingerprint density at radius 1 is 1.27 bits per heavy atom. The number of nitriles is 1. The normalized spacial score (nSPS) is 11.3. The number of nitrogens with zero attached hydrogens (tertiary/aromatic N) is 2. The number of ether oxygens (including phenoxy) is 3. The first kappa shape index (κ1) is 19.4. The Morgan fingerprint density at radius 3 is 2.58 bits per heavy atom. The maximum atomic E-state index is 12.2. The average molecular weight is 374 g/mol. The summed E-state index contributed by atoms with van der Waals surface area (Å²) in [7, 11) is 3.02. The maximum absolute atomic E-state index is 12.2. The van der Waals surface area contributed by atoms with E-state index in [4.69, 9.17) is 14.2 Å². The predicted molar refractivity (Wildman–Crippen MR) is 94.4 cm³/mol. The van der Waals surface area contributed by atoms with Crippen LogP contribution in [0, 0.1) is 18.3 Å². The molecule has 0 fully saturated rings. The molecule has 1 heterocycles. The van der Waals surface area contributed by atoms with Crippen molar-refractivity contribution in [2.45, 2.75) is 19.3 Å². The summed E-state index contributed by atoms with van der Waals surface area (Å²) in [6, 6.07) is 6.97. The minimum atomic E-state index is -1.03. The molecule has 0 amide bonds. The lowest BCUT2D eigenvalue weighted by Crippen LogP contribution is -2.20. The van der Waals surface area contributed by atoms with Gasteiger partial charge in [-0.15, -0.1) is 11.3 Å². The van der Waals surface area contributed by atoms with Crippen molar-refractivity contribution in [2.75, 3.05) is 20.8 Å². The second kappa shape index (κ2) is 8.97. The maximum Gasteiger partial charge on any atom is 0.310 e. The Balaban J connectivity index is 1.94. The topological polar surface area (TPSA) is 98.5 Å². The zero-order chi connectivity index (χ0) is 19.1. The van der Waals surface area contributed by atoms with Crippen molar-refractivity contribution in [2.24, 2.45) is 0 Å². The monoisotopic (exact) mass is 374 g/mol. The molecule has 0 radical (unpaired) electrons. The van der Waals surface area contributed by atoms with Crippen molar-refractivity contribution in [1.82, 2.24) is 4.98 Å². The van der Waals surface area contributed by atoms with Gasteiger partial charge in [-0.25, -0.2) is 4.98 Å². The van der Waals surface area contributed by atoms with Crippen molar-refractivity contribution in [1.29, 1.82) is 5.26 Å². The smallest absolute Gasteiger partial charge is 0.310 e. The Labute approximate surface area is 155 Å². The molecule has 8 heteroatoms. The molecule has 1 aromatic heterocycles. The van der Waals surface area contributed by atoms with E-state index in [0.717, 1.165) is 5.69 Å². The number of aromatic nitrogens is 1. The standard InChI is InChI=1S/C18H18N2O5S/c1-11-10-26-18(20-11)13(8-19)14(21)9-25-17(22)7-12-4-5-15(23-2)16(6-12)24-3/h4-6,10,13H,7,9H2,1-3H3/t13-/m0/s1. The largest absolute Gasteiger partial charge is 0.493 e. The fourth-order valence-electron chi connectivity index (χ4n) is 2.21. The molecule has 26 heavy (non-hydrogen) atoms. The third-order valence-corrected chi connectivity index (χ3v) is 4.53. The highest BCUT2D eigenvalue weighted by atomic mass is 32.1. The van der Waals surface area contributed by atoms with E-state index in [1.54, 1.807) is 30.5 Å². The first-order valence-electron chi connectivity index (χ1n) is 7.69. The molecule has 7 nitrogen and oxygen atoms in total. The summed E-state index contributed by atoms with van der Waals surface area (Å²) in [4.78, 5) is 28.3. The fourth-order valence-corrected chi connectivity index (χ4v) is 3.07.